The van der Waals surface area contributed by atoms with E-state index in [2.05, 4.69) is 16.3 Å². The number of thiazole rings is 1. The Morgan fingerprint density at radius 2 is 2.12 bits per heavy atom. The number of hydrogen-bond acceptors (Lipinski definition) is 7. The van der Waals surface area contributed by atoms with Gasteiger partial charge < -0.3 is 15.0 Å². The van der Waals surface area contributed by atoms with Crippen LogP contribution in [0.5, 0.6) is 0 Å². The van der Waals surface area contributed by atoms with E-state index >= 15 is 0 Å². The van der Waals surface area contributed by atoms with Crippen LogP contribution in [0, 0.1) is 11.3 Å². The highest BCUT2D eigenvalue weighted by atomic mass is 32.1. The Kier molecular flexibility index (Phi) is 5.64. The monoisotopic (exact) mass is 356 g/mol. The van der Waals surface area contributed by atoms with Crippen molar-refractivity contribution in [3.05, 3.63) is 35.2 Å². The van der Waals surface area contributed by atoms with Gasteiger partial charge in [0, 0.05) is 17.0 Å². The second-order valence-corrected chi connectivity index (χ2v) is 6.73. The lowest BCUT2D eigenvalue weighted by molar-refractivity contribution is -0.139. The molecule has 0 atom stereocenters. The predicted molar refractivity (Wildman–Crippen MR) is 97.5 cm³/mol. The van der Waals surface area contributed by atoms with Crippen molar-refractivity contribution in [2.75, 3.05) is 31.6 Å². The smallest absolute Gasteiger partial charge is 0.325 e. The molecule has 25 heavy (non-hydrogen) atoms. The average molecular weight is 356 g/mol. The van der Waals surface area contributed by atoms with Crippen molar-refractivity contribution >= 4 is 22.4 Å². The van der Waals surface area contributed by atoms with Gasteiger partial charge in [0.25, 0.3) is 0 Å². The number of methoxy groups -OCH3 is 1. The first kappa shape index (κ1) is 17.4. The largest absolute Gasteiger partial charge is 0.468 e. The van der Waals surface area contributed by atoms with Crippen LogP contribution in [0.25, 0.3) is 11.3 Å². The highest BCUT2D eigenvalue weighted by molar-refractivity contribution is 7.14. The van der Waals surface area contributed by atoms with Gasteiger partial charge in [0.2, 0.25) is 0 Å². The molecular formula is C18H20N4O2S. The minimum absolute atomic E-state index is 0.210. The van der Waals surface area contributed by atoms with E-state index < -0.39 is 0 Å². The van der Waals surface area contributed by atoms with Gasteiger partial charge in [-0.3, -0.25) is 4.79 Å². The van der Waals surface area contributed by atoms with Crippen molar-refractivity contribution in [2.24, 2.45) is 0 Å². The van der Waals surface area contributed by atoms with Crippen molar-refractivity contribution in [1.82, 2.24) is 10.3 Å². The van der Waals surface area contributed by atoms with E-state index in [0.29, 0.717) is 5.56 Å². The van der Waals surface area contributed by atoms with Gasteiger partial charge in [0.05, 0.1) is 24.4 Å². The second kappa shape index (κ2) is 8.10. The third-order valence-electron chi connectivity index (χ3n) is 4.32. The fourth-order valence-electron chi connectivity index (χ4n) is 2.92. The number of hydrogen-bond donors (Lipinski definition) is 1. The molecule has 1 aliphatic heterocycles. The Morgan fingerprint density at radius 1 is 1.40 bits per heavy atom. The van der Waals surface area contributed by atoms with E-state index in [-0.39, 0.29) is 18.6 Å². The van der Waals surface area contributed by atoms with E-state index in [0.717, 1.165) is 42.3 Å². The third kappa shape index (κ3) is 4.16. The van der Waals surface area contributed by atoms with Crippen molar-refractivity contribution in [3.8, 4) is 17.3 Å². The van der Waals surface area contributed by atoms with Gasteiger partial charge in [-0.1, -0.05) is 12.1 Å². The lowest BCUT2D eigenvalue weighted by Gasteiger charge is -2.33. The summed E-state index contributed by atoms with van der Waals surface area (Å²) in [6, 6.07) is 9.76. The van der Waals surface area contributed by atoms with Crippen LogP contribution in [0.15, 0.2) is 29.6 Å². The van der Waals surface area contributed by atoms with E-state index in [1.807, 2.05) is 17.5 Å². The van der Waals surface area contributed by atoms with Crippen molar-refractivity contribution in [2.45, 2.75) is 18.9 Å². The van der Waals surface area contributed by atoms with Crippen LogP contribution in [0.3, 0.4) is 0 Å². The molecule has 6 nitrogen and oxygen atoms in total. The highest BCUT2D eigenvalue weighted by Crippen LogP contribution is 2.30. The van der Waals surface area contributed by atoms with Crippen LogP contribution in [0.2, 0.25) is 0 Å². The van der Waals surface area contributed by atoms with Crippen LogP contribution < -0.4 is 10.2 Å². The maximum absolute atomic E-state index is 11.9. The number of nitriles is 1. The minimum atomic E-state index is -0.256. The van der Waals surface area contributed by atoms with Crippen LogP contribution in [-0.4, -0.2) is 43.7 Å². The van der Waals surface area contributed by atoms with Crippen molar-refractivity contribution in [1.29, 1.82) is 5.26 Å². The van der Waals surface area contributed by atoms with Crippen molar-refractivity contribution in [3.63, 3.8) is 0 Å². The number of benzene rings is 1. The van der Waals surface area contributed by atoms with Crippen LogP contribution >= 0.6 is 11.3 Å². The summed E-state index contributed by atoms with van der Waals surface area (Å²) in [5, 5.41) is 15.1. The Hall–Kier alpha value is -2.43. The molecule has 1 aliphatic rings. The van der Waals surface area contributed by atoms with E-state index in [1.165, 1.54) is 18.4 Å². The number of piperidine rings is 1. The number of nitrogens with zero attached hydrogens (tertiary/aromatic N) is 3. The van der Waals surface area contributed by atoms with Gasteiger partial charge in [-0.25, -0.2) is 4.98 Å². The lowest BCUT2D eigenvalue weighted by Crippen LogP contribution is -2.45. The van der Waals surface area contributed by atoms with Gasteiger partial charge >= 0.3 is 5.97 Å². The van der Waals surface area contributed by atoms with Crippen molar-refractivity contribution < 1.29 is 9.53 Å². The number of anilines is 1. The van der Waals surface area contributed by atoms with E-state index in [1.54, 1.807) is 12.1 Å². The zero-order valence-electron chi connectivity index (χ0n) is 14.1. The van der Waals surface area contributed by atoms with E-state index in [9.17, 15) is 4.79 Å². The minimum Gasteiger partial charge on any atom is -0.468 e. The Bertz CT molecular complexity index is 760. The topological polar surface area (TPSA) is 78.2 Å². The normalized spacial score (nSPS) is 14.7. The summed E-state index contributed by atoms with van der Waals surface area (Å²) in [4.78, 5) is 18.6. The third-order valence-corrected chi connectivity index (χ3v) is 5.20. The van der Waals surface area contributed by atoms with Crippen LogP contribution in [0.4, 0.5) is 5.13 Å². The Balaban J connectivity index is 1.84. The zero-order chi connectivity index (χ0) is 17.6. The first-order valence-corrected chi connectivity index (χ1v) is 9.09. The molecule has 130 valence electrons. The Labute approximate surface area is 151 Å². The standard InChI is InChI=1S/C18H20N4O2S/c1-24-17(23)11-22(15-6-8-20-9-7-15)18-21-16(12-25-18)14-4-2-13(10-19)3-5-14/h2-5,12,15,20H,6-9,11H2,1H3. The Morgan fingerprint density at radius 3 is 2.76 bits per heavy atom. The summed E-state index contributed by atoms with van der Waals surface area (Å²) in [6.07, 6.45) is 1.95. The molecule has 1 N–H and O–H groups in total. The molecule has 0 spiro atoms. The molecule has 1 aromatic heterocycles. The zero-order valence-corrected chi connectivity index (χ0v) is 14.9. The fraction of sp³-hybridized carbons (Fsp3) is 0.389. The van der Waals surface area contributed by atoms with Gasteiger partial charge in [0.15, 0.2) is 5.13 Å². The number of aromatic nitrogens is 1. The predicted octanol–water partition coefficient (Wildman–Crippen LogP) is 2.41. The molecule has 2 aromatic rings. The molecular weight excluding hydrogens is 336 g/mol. The summed E-state index contributed by atoms with van der Waals surface area (Å²) in [7, 11) is 1.41. The number of esters is 1. The molecule has 1 saturated heterocycles. The number of carbonyl (C=O) groups excluding carboxylic acids is 1. The van der Waals surface area contributed by atoms with Gasteiger partial charge in [-0.2, -0.15) is 5.26 Å². The molecule has 0 saturated carbocycles. The molecule has 7 heteroatoms. The lowest BCUT2D eigenvalue weighted by atomic mass is 10.1. The number of ether oxygens (including phenoxy) is 1. The molecule has 2 heterocycles. The average Bonchev–Trinajstić information content (AvgIpc) is 3.16. The number of carbonyl (C=O) groups is 1. The first-order valence-electron chi connectivity index (χ1n) is 8.21. The first-order chi connectivity index (χ1) is 12.2. The number of rotatable bonds is 5. The molecule has 0 bridgehead atoms. The molecule has 1 aromatic carbocycles. The highest BCUT2D eigenvalue weighted by Gasteiger charge is 2.26. The maximum atomic E-state index is 11.9. The summed E-state index contributed by atoms with van der Waals surface area (Å²) < 4.78 is 4.86. The SMILES string of the molecule is COC(=O)CN(c1nc(-c2ccc(C#N)cc2)cs1)C1CCNCC1. The molecule has 3 rings (SSSR count). The quantitative estimate of drug-likeness (QED) is 0.829. The van der Waals surface area contributed by atoms with Crippen LogP contribution in [0.1, 0.15) is 18.4 Å². The molecule has 1 fully saturated rings. The van der Waals surface area contributed by atoms with Gasteiger partial charge in [-0.05, 0) is 38.1 Å². The number of nitrogens with one attached hydrogen (secondary N) is 1. The summed E-state index contributed by atoms with van der Waals surface area (Å²) >= 11 is 1.53. The van der Waals surface area contributed by atoms with Gasteiger partial charge in [0.1, 0.15) is 6.54 Å². The molecule has 0 radical (unpaired) electrons. The van der Waals surface area contributed by atoms with E-state index in [4.69, 9.17) is 15.0 Å². The summed E-state index contributed by atoms with van der Waals surface area (Å²) in [5.74, 6) is -0.256. The summed E-state index contributed by atoms with van der Waals surface area (Å²) in [5.41, 5.74) is 2.44. The molecule has 0 aliphatic carbocycles. The summed E-state index contributed by atoms with van der Waals surface area (Å²) in [6.45, 7) is 2.09. The second-order valence-electron chi connectivity index (χ2n) is 5.89. The molecule has 0 unspecified atom stereocenters. The fourth-order valence-corrected chi connectivity index (χ4v) is 3.83. The van der Waals surface area contributed by atoms with Crippen LogP contribution in [-0.2, 0) is 9.53 Å². The van der Waals surface area contributed by atoms with Gasteiger partial charge in [-0.15, -0.1) is 11.3 Å². The maximum Gasteiger partial charge on any atom is 0.325 e. The molecule has 0 amide bonds.